The Hall–Kier alpha value is -0.410. The average Bonchev–Trinajstić information content (AvgIpc) is 2.14. The maximum atomic E-state index is 9.97. The van der Waals surface area contributed by atoms with Gasteiger partial charge in [0.25, 0.3) is 0 Å². The number of nitrogens with one attached hydrogen (secondary N) is 1. The molecular weight excluding hydrogens is 106 g/mol. The second-order valence-electron chi connectivity index (χ2n) is 1.91. The molecule has 1 fully saturated rings. The number of rotatable bonds is 1. The predicted octanol–water partition coefficient (Wildman–Crippen LogP) is -0.480. The molecule has 1 heterocycles. The van der Waals surface area contributed by atoms with Crippen LogP contribution in [0.3, 0.4) is 0 Å². The highest BCUT2D eigenvalue weighted by Gasteiger charge is 2.18. The van der Waals surface area contributed by atoms with Crippen LogP contribution in [0.5, 0.6) is 0 Å². The van der Waals surface area contributed by atoms with Crippen LogP contribution in [0, 0.1) is 0 Å². The van der Waals surface area contributed by atoms with Crippen LogP contribution in [-0.4, -0.2) is 25.2 Å². The van der Waals surface area contributed by atoms with E-state index in [0.717, 1.165) is 12.8 Å². The third kappa shape index (κ3) is 1.05. The van der Waals surface area contributed by atoms with E-state index in [2.05, 4.69) is 5.32 Å². The molecule has 1 aliphatic heterocycles. The molecule has 0 aromatic heterocycles. The molecule has 0 saturated carbocycles. The van der Waals surface area contributed by atoms with E-state index in [1.54, 1.807) is 0 Å². The fraction of sp³-hybridized carbons (Fsp3) is 0.800. The molecule has 0 spiro atoms. The van der Waals surface area contributed by atoms with Crippen LogP contribution in [0.15, 0.2) is 0 Å². The van der Waals surface area contributed by atoms with Crippen molar-refractivity contribution < 1.29 is 9.53 Å². The SMILES string of the molecule is C[C@H]1CNC(C=O)O1. The summed E-state index contributed by atoms with van der Waals surface area (Å²) in [5, 5.41) is 2.87. The van der Waals surface area contributed by atoms with Gasteiger partial charge in [0, 0.05) is 6.54 Å². The molecule has 0 aromatic rings. The molecule has 46 valence electrons. The molecule has 3 nitrogen and oxygen atoms in total. The largest absolute Gasteiger partial charge is 0.352 e. The van der Waals surface area contributed by atoms with Crippen molar-refractivity contribution >= 4 is 6.29 Å². The van der Waals surface area contributed by atoms with Gasteiger partial charge >= 0.3 is 0 Å². The molecule has 1 saturated heterocycles. The zero-order valence-electron chi connectivity index (χ0n) is 4.76. The Morgan fingerprint density at radius 1 is 1.88 bits per heavy atom. The standard InChI is InChI=1S/C5H9NO2/c1-4-2-6-5(3-7)8-4/h3-6H,2H2,1H3/t4-,5?/m0/s1. The fourth-order valence-electron chi connectivity index (χ4n) is 0.709. The van der Waals surface area contributed by atoms with E-state index in [-0.39, 0.29) is 12.3 Å². The molecule has 0 bridgehead atoms. The molecule has 2 atom stereocenters. The van der Waals surface area contributed by atoms with Gasteiger partial charge in [-0.15, -0.1) is 0 Å². The second kappa shape index (κ2) is 2.24. The van der Waals surface area contributed by atoms with Crippen molar-refractivity contribution in [2.24, 2.45) is 0 Å². The molecular formula is C5H9NO2. The first-order chi connectivity index (χ1) is 3.83. The lowest BCUT2D eigenvalue weighted by Crippen LogP contribution is -2.23. The highest BCUT2D eigenvalue weighted by Crippen LogP contribution is 1.99. The van der Waals surface area contributed by atoms with E-state index < -0.39 is 0 Å². The van der Waals surface area contributed by atoms with E-state index in [1.807, 2.05) is 6.92 Å². The first-order valence-electron chi connectivity index (χ1n) is 2.67. The Morgan fingerprint density at radius 3 is 2.88 bits per heavy atom. The van der Waals surface area contributed by atoms with Crippen molar-refractivity contribution in [2.45, 2.75) is 19.3 Å². The monoisotopic (exact) mass is 115 g/mol. The Balaban J connectivity index is 2.32. The number of carbonyl (C=O) groups is 1. The molecule has 0 aliphatic carbocycles. The summed E-state index contributed by atoms with van der Waals surface area (Å²) in [6, 6.07) is 0. The quantitative estimate of drug-likeness (QED) is 0.469. The van der Waals surface area contributed by atoms with Crippen LogP contribution in [0.1, 0.15) is 6.92 Å². The summed E-state index contributed by atoms with van der Waals surface area (Å²) in [5.74, 6) is 0. The maximum Gasteiger partial charge on any atom is 0.165 e. The van der Waals surface area contributed by atoms with Gasteiger partial charge in [-0.05, 0) is 6.92 Å². The lowest BCUT2D eigenvalue weighted by Gasteiger charge is -1.99. The lowest BCUT2D eigenvalue weighted by atomic mass is 10.4. The van der Waals surface area contributed by atoms with E-state index in [1.165, 1.54) is 0 Å². The summed E-state index contributed by atoms with van der Waals surface area (Å²) in [4.78, 5) is 9.97. The minimum atomic E-state index is -0.356. The lowest BCUT2D eigenvalue weighted by molar-refractivity contribution is -0.117. The van der Waals surface area contributed by atoms with Crippen molar-refractivity contribution in [3.05, 3.63) is 0 Å². The molecule has 1 rings (SSSR count). The Labute approximate surface area is 48.0 Å². The normalized spacial score (nSPS) is 37.6. The molecule has 1 aliphatic rings. The number of hydrogen-bond acceptors (Lipinski definition) is 3. The van der Waals surface area contributed by atoms with Gasteiger partial charge in [0.15, 0.2) is 12.5 Å². The van der Waals surface area contributed by atoms with Gasteiger partial charge in [-0.3, -0.25) is 10.1 Å². The molecule has 0 aromatic carbocycles. The number of carbonyl (C=O) groups excluding carboxylic acids is 1. The van der Waals surface area contributed by atoms with Gasteiger partial charge in [0.1, 0.15) is 0 Å². The molecule has 0 radical (unpaired) electrons. The summed E-state index contributed by atoms with van der Waals surface area (Å²) in [6.45, 7) is 2.71. The van der Waals surface area contributed by atoms with Gasteiger partial charge in [0.05, 0.1) is 6.10 Å². The predicted molar refractivity (Wildman–Crippen MR) is 28.4 cm³/mol. The van der Waals surface area contributed by atoms with Gasteiger partial charge in [0.2, 0.25) is 0 Å². The second-order valence-corrected chi connectivity index (χ2v) is 1.91. The van der Waals surface area contributed by atoms with Crippen LogP contribution in [-0.2, 0) is 9.53 Å². The van der Waals surface area contributed by atoms with Gasteiger partial charge in [-0.1, -0.05) is 0 Å². The molecule has 3 heteroatoms. The van der Waals surface area contributed by atoms with E-state index in [9.17, 15) is 4.79 Å². The fourth-order valence-corrected chi connectivity index (χ4v) is 0.709. The van der Waals surface area contributed by atoms with Gasteiger partial charge in [-0.25, -0.2) is 0 Å². The van der Waals surface area contributed by atoms with Crippen molar-refractivity contribution in [3.63, 3.8) is 0 Å². The molecule has 1 N–H and O–H groups in total. The van der Waals surface area contributed by atoms with Crippen LogP contribution < -0.4 is 5.32 Å². The van der Waals surface area contributed by atoms with E-state index in [4.69, 9.17) is 4.74 Å². The van der Waals surface area contributed by atoms with Gasteiger partial charge in [-0.2, -0.15) is 0 Å². The van der Waals surface area contributed by atoms with E-state index in [0.29, 0.717) is 0 Å². The van der Waals surface area contributed by atoms with Crippen molar-refractivity contribution in [3.8, 4) is 0 Å². The third-order valence-electron chi connectivity index (χ3n) is 1.11. The summed E-state index contributed by atoms with van der Waals surface area (Å²) in [7, 11) is 0. The number of hydrogen-bond donors (Lipinski definition) is 1. The van der Waals surface area contributed by atoms with E-state index >= 15 is 0 Å². The average molecular weight is 115 g/mol. The van der Waals surface area contributed by atoms with Crippen LogP contribution in [0.25, 0.3) is 0 Å². The topological polar surface area (TPSA) is 38.3 Å². The smallest absolute Gasteiger partial charge is 0.165 e. The highest BCUT2D eigenvalue weighted by molar-refractivity contribution is 5.55. The van der Waals surface area contributed by atoms with Gasteiger partial charge < -0.3 is 4.74 Å². The van der Waals surface area contributed by atoms with Crippen LogP contribution >= 0.6 is 0 Å². The van der Waals surface area contributed by atoms with Crippen molar-refractivity contribution in [2.75, 3.05) is 6.54 Å². The van der Waals surface area contributed by atoms with Crippen molar-refractivity contribution in [1.29, 1.82) is 0 Å². The Morgan fingerprint density at radius 2 is 2.62 bits per heavy atom. The Bertz CT molecular complexity index is 94.4. The zero-order valence-corrected chi connectivity index (χ0v) is 4.76. The molecule has 8 heavy (non-hydrogen) atoms. The molecule has 1 unspecified atom stereocenters. The maximum absolute atomic E-state index is 9.97. The van der Waals surface area contributed by atoms with Crippen LogP contribution in [0.4, 0.5) is 0 Å². The third-order valence-corrected chi connectivity index (χ3v) is 1.11. The first kappa shape index (κ1) is 5.72. The van der Waals surface area contributed by atoms with Crippen LogP contribution in [0.2, 0.25) is 0 Å². The van der Waals surface area contributed by atoms with Crippen molar-refractivity contribution in [1.82, 2.24) is 5.32 Å². The number of ether oxygens (including phenoxy) is 1. The number of aldehydes is 1. The summed E-state index contributed by atoms with van der Waals surface area (Å²) >= 11 is 0. The minimum Gasteiger partial charge on any atom is -0.352 e. The Kier molecular flexibility index (Phi) is 1.60. The summed E-state index contributed by atoms with van der Waals surface area (Å²) < 4.78 is 5.03. The first-order valence-corrected chi connectivity index (χ1v) is 2.67. The summed E-state index contributed by atoms with van der Waals surface area (Å²) in [5.41, 5.74) is 0. The molecule has 0 amide bonds. The minimum absolute atomic E-state index is 0.185. The highest BCUT2D eigenvalue weighted by atomic mass is 16.5. The zero-order chi connectivity index (χ0) is 5.98. The summed E-state index contributed by atoms with van der Waals surface area (Å²) in [6.07, 6.45) is 0.596.